The number of anilines is 2. The van der Waals surface area contributed by atoms with Crippen molar-refractivity contribution in [3.63, 3.8) is 0 Å². The molecule has 142 valence electrons. The molecule has 4 rings (SSSR count). The third-order valence-electron chi connectivity index (χ3n) is 5.18. The van der Waals surface area contributed by atoms with Gasteiger partial charge in [-0.15, -0.1) is 0 Å². The summed E-state index contributed by atoms with van der Waals surface area (Å²) < 4.78 is 41.1. The molecule has 1 fully saturated rings. The van der Waals surface area contributed by atoms with Crippen LogP contribution in [0.2, 0.25) is 0 Å². The largest absolute Gasteiger partial charge is 0.417 e. The molecule has 2 aromatic rings. The maximum absolute atomic E-state index is 13.7. The molecule has 5 nitrogen and oxygen atoms in total. The molecule has 1 amide bonds. The lowest BCUT2D eigenvalue weighted by molar-refractivity contribution is -0.137. The van der Waals surface area contributed by atoms with Crippen LogP contribution in [0.5, 0.6) is 0 Å². The van der Waals surface area contributed by atoms with E-state index >= 15 is 0 Å². The zero-order valence-corrected chi connectivity index (χ0v) is 14.9. The topological polar surface area (TPSA) is 57.3 Å². The second-order valence-electron chi connectivity index (χ2n) is 6.96. The number of aryl methyl sites for hydroxylation is 2. The molecule has 0 unspecified atom stereocenters. The summed E-state index contributed by atoms with van der Waals surface area (Å²) in [5.41, 5.74) is 2.01. The van der Waals surface area contributed by atoms with Crippen molar-refractivity contribution in [2.75, 3.05) is 25.0 Å². The van der Waals surface area contributed by atoms with Crippen molar-refractivity contribution in [2.24, 2.45) is 0 Å². The second kappa shape index (κ2) is 6.23. The van der Waals surface area contributed by atoms with Crippen LogP contribution in [0.4, 0.5) is 24.5 Å². The first-order valence-corrected chi connectivity index (χ1v) is 8.73. The minimum absolute atomic E-state index is 0.222. The normalized spacial score (nSPS) is 19.1. The molecule has 27 heavy (non-hydrogen) atoms. The molecule has 1 atom stereocenters. The van der Waals surface area contributed by atoms with Gasteiger partial charge in [0.2, 0.25) is 0 Å². The summed E-state index contributed by atoms with van der Waals surface area (Å²) in [5.74, 6) is -0.539. The van der Waals surface area contributed by atoms with E-state index in [9.17, 15) is 18.0 Å². The fourth-order valence-corrected chi connectivity index (χ4v) is 3.71. The molecular weight excluding hydrogens is 357 g/mol. The van der Waals surface area contributed by atoms with Crippen LogP contribution >= 0.6 is 0 Å². The molecule has 1 aromatic carbocycles. The maximum Gasteiger partial charge on any atom is 0.417 e. The Morgan fingerprint density at radius 2 is 2.00 bits per heavy atom. The first-order valence-electron chi connectivity index (χ1n) is 8.73. The fraction of sp³-hybridized carbons (Fsp3) is 0.368. The maximum atomic E-state index is 13.7. The smallest absolute Gasteiger partial charge is 0.354 e. The van der Waals surface area contributed by atoms with E-state index in [0.29, 0.717) is 36.6 Å². The monoisotopic (exact) mass is 376 g/mol. The van der Waals surface area contributed by atoms with E-state index in [1.807, 2.05) is 19.9 Å². The van der Waals surface area contributed by atoms with Gasteiger partial charge < -0.3 is 15.5 Å². The summed E-state index contributed by atoms with van der Waals surface area (Å²) in [6.07, 6.45) is -3.02. The number of rotatable bonds is 2. The van der Waals surface area contributed by atoms with Gasteiger partial charge in [0.05, 0.1) is 29.1 Å². The Labute approximate surface area is 154 Å². The molecule has 2 N–H and O–H groups in total. The number of aromatic nitrogens is 1. The van der Waals surface area contributed by atoms with Crippen LogP contribution in [0.15, 0.2) is 24.4 Å². The summed E-state index contributed by atoms with van der Waals surface area (Å²) in [6.45, 7) is 5.19. The number of nitrogens with zero attached hydrogens (tertiary/aromatic N) is 2. The molecule has 0 radical (unpaired) electrons. The number of fused-ring (bicyclic) bond motifs is 3. The zero-order chi connectivity index (χ0) is 19.3. The number of hydrogen-bond acceptors (Lipinski definition) is 4. The van der Waals surface area contributed by atoms with Crippen LogP contribution in [-0.4, -0.2) is 35.4 Å². The van der Waals surface area contributed by atoms with Crippen LogP contribution in [0.25, 0.3) is 0 Å². The van der Waals surface area contributed by atoms with Gasteiger partial charge in [-0.25, -0.2) is 0 Å². The molecular formula is C19H19F3N4O. The molecule has 0 aliphatic carbocycles. The number of amides is 1. The third-order valence-corrected chi connectivity index (χ3v) is 5.18. The Kier molecular flexibility index (Phi) is 4.10. The van der Waals surface area contributed by atoms with Crippen molar-refractivity contribution in [2.45, 2.75) is 26.1 Å². The van der Waals surface area contributed by atoms with Crippen molar-refractivity contribution in [1.29, 1.82) is 0 Å². The summed E-state index contributed by atoms with van der Waals surface area (Å²) >= 11 is 0. The van der Waals surface area contributed by atoms with Crippen molar-refractivity contribution in [1.82, 2.24) is 15.2 Å². The van der Waals surface area contributed by atoms with Gasteiger partial charge >= 0.3 is 6.18 Å². The Balaban J connectivity index is 1.81. The summed E-state index contributed by atoms with van der Waals surface area (Å²) in [7, 11) is 0. The van der Waals surface area contributed by atoms with Crippen LogP contribution in [0, 0.1) is 13.8 Å². The average molecular weight is 376 g/mol. The molecule has 0 bridgehead atoms. The molecule has 2 aliphatic rings. The van der Waals surface area contributed by atoms with Crippen molar-refractivity contribution >= 4 is 17.3 Å². The van der Waals surface area contributed by atoms with Crippen LogP contribution in [-0.2, 0) is 6.18 Å². The number of nitrogens with one attached hydrogen (secondary N) is 2. The molecule has 1 aromatic heterocycles. The fourth-order valence-electron chi connectivity index (χ4n) is 3.71. The van der Waals surface area contributed by atoms with Gasteiger partial charge in [-0.2, -0.15) is 13.2 Å². The highest BCUT2D eigenvalue weighted by molar-refractivity contribution is 6.01. The van der Waals surface area contributed by atoms with E-state index in [-0.39, 0.29) is 11.6 Å². The lowest BCUT2D eigenvalue weighted by Gasteiger charge is -2.30. The number of hydrogen-bond donors (Lipinski definition) is 2. The average Bonchev–Trinajstić information content (AvgIpc) is 2.90. The number of carbonyl (C=O) groups excluding carboxylic acids is 1. The molecule has 1 saturated heterocycles. The molecule has 2 aliphatic heterocycles. The first kappa shape index (κ1) is 17.8. The number of pyridine rings is 1. The highest BCUT2D eigenvalue weighted by atomic mass is 19.4. The number of alkyl halides is 3. The summed E-state index contributed by atoms with van der Waals surface area (Å²) in [5, 5.41) is 6.16. The van der Waals surface area contributed by atoms with Gasteiger partial charge in [0.1, 0.15) is 0 Å². The number of benzene rings is 1. The number of carbonyl (C=O) groups is 1. The van der Waals surface area contributed by atoms with E-state index in [4.69, 9.17) is 0 Å². The van der Waals surface area contributed by atoms with Gasteiger partial charge in [0.15, 0.2) is 0 Å². The lowest BCUT2D eigenvalue weighted by atomic mass is 9.97. The van der Waals surface area contributed by atoms with Gasteiger partial charge in [0.25, 0.3) is 5.91 Å². The molecule has 8 heteroatoms. The highest BCUT2D eigenvalue weighted by Crippen LogP contribution is 2.44. The standard InChI is InChI=1S/C19H19F3N4O/c1-10-5-13(8-24-11(10)2)25-12-6-14-16-9-23-3-4-26(16)18(27)17(14)15(7-12)19(20,21)22/h5-8,16,23,25H,3-4,9H2,1-2H3/t16-/m0/s1. The molecule has 3 heterocycles. The van der Waals surface area contributed by atoms with Crippen molar-refractivity contribution in [3.8, 4) is 0 Å². The molecule has 0 spiro atoms. The second-order valence-corrected chi connectivity index (χ2v) is 6.96. The summed E-state index contributed by atoms with van der Waals surface area (Å²) in [4.78, 5) is 18.4. The van der Waals surface area contributed by atoms with E-state index in [0.717, 1.165) is 17.3 Å². The lowest BCUT2D eigenvalue weighted by Crippen LogP contribution is -2.44. The van der Waals surface area contributed by atoms with E-state index < -0.39 is 17.6 Å². The summed E-state index contributed by atoms with van der Waals surface area (Å²) in [6, 6.07) is 4.12. The first-order chi connectivity index (χ1) is 12.8. The predicted molar refractivity (Wildman–Crippen MR) is 95.1 cm³/mol. The highest BCUT2D eigenvalue weighted by Gasteiger charge is 2.45. The Morgan fingerprint density at radius 3 is 2.70 bits per heavy atom. The van der Waals surface area contributed by atoms with E-state index in [2.05, 4.69) is 15.6 Å². The Hall–Kier alpha value is -2.61. The SMILES string of the molecule is Cc1cc(Nc2cc3c(c(C(F)(F)F)c2)C(=O)N2CCNC[C@@H]32)cnc1C. The van der Waals surface area contributed by atoms with Gasteiger partial charge in [0, 0.05) is 31.0 Å². The van der Waals surface area contributed by atoms with Gasteiger partial charge in [-0.1, -0.05) is 0 Å². The minimum atomic E-state index is -4.61. The van der Waals surface area contributed by atoms with Crippen LogP contribution < -0.4 is 10.6 Å². The molecule has 0 saturated carbocycles. The van der Waals surface area contributed by atoms with E-state index in [1.54, 1.807) is 12.3 Å². The van der Waals surface area contributed by atoms with Crippen LogP contribution in [0.3, 0.4) is 0 Å². The van der Waals surface area contributed by atoms with Gasteiger partial charge in [-0.3, -0.25) is 9.78 Å². The van der Waals surface area contributed by atoms with E-state index in [1.165, 1.54) is 4.90 Å². The zero-order valence-electron chi connectivity index (χ0n) is 14.9. The number of piperazine rings is 1. The third kappa shape index (κ3) is 3.03. The quantitative estimate of drug-likeness (QED) is 0.842. The Morgan fingerprint density at radius 1 is 1.22 bits per heavy atom. The van der Waals surface area contributed by atoms with Crippen LogP contribution in [0.1, 0.15) is 38.8 Å². The number of halogens is 3. The minimum Gasteiger partial charge on any atom is -0.354 e. The van der Waals surface area contributed by atoms with Gasteiger partial charge in [-0.05, 0) is 43.2 Å². The van der Waals surface area contributed by atoms with Crippen molar-refractivity contribution in [3.05, 3.63) is 52.3 Å². The predicted octanol–water partition coefficient (Wildman–Crippen LogP) is 3.56. The Bertz CT molecular complexity index is 926. The van der Waals surface area contributed by atoms with Crippen molar-refractivity contribution < 1.29 is 18.0 Å².